The molecule has 1 heterocycles. The van der Waals surface area contributed by atoms with E-state index in [1.165, 1.54) is 4.57 Å². The molecule has 1 saturated carbocycles. The first kappa shape index (κ1) is 13.1. The number of aromatic nitrogens is 1. The van der Waals surface area contributed by atoms with E-state index in [1.807, 2.05) is 0 Å². The number of anilines is 1. The predicted octanol–water partition coefficient (Wildman–Crippen LogP) is 1.17. The lowest BCUT2D eigenvalue weighted by Gasteiger charge is -2.10. The van der Waals surface area contributed by atoms with Crippen molar-refractivity contribution in [3.63, 3.8) is 0 Å². The zero-order valence-corrected chi connectivity index (χ0v) is 11.8. The van der Waals surface area contributed by atoms with Crippen LogP contribution < -0.4 is 16.6 Å². The molecule has 1 aromatic heterocycles. The van der Waals surface area contributed by atoms with Crippen molar-refractivity contribution < 1.29 is 4.79 Å². The molecule has 0 atom stereocenters. The van der Waals surface area contributed by atoms with Crippen molar-refractivity contribution in [2.45, 2.75) is 38.8 Å². The maximum Gasteiger partial charge on any atom is 0.265 e. The van der Waals surface area contributed by atoms with Gasteiger partial charge in [0.15, 0.2) is 0 Å². The van der Waals surface area contributed by atoms with Gasteiger partial charge in [0.05, 0.1) is 10.2 Å². The Labute approximate surface area is 113 Å². The number of nitrogen functional groups attached to an aromatic ring is 1. The molecule has 1 aromatic rings. The van der Waals surface area contributed by atoms with Crippen molar-refractivity contribution in [2.24, 2.45) is 0 Å². The number of hydrogen-bond acceptors (Lipinski definition) is 3. The van der Waals surface area contributed by atoms with Crippen molar-refractivity contribution in [1.82, 2.24) is 9.88 Å². The highest BCUT2D eigenvalue weighted by atomic mass is 79.9. The third-order valence-electron chi connectivity index (χ3n) is 3.03. The van der Waals surface area contributed by atoms with Gasteiger partial charge < -0.3 is 15.6 Å². The Morgan fingerprint density at radius 2 is 2.28 bits per heavy atom. The molecule has 1 aliphatic carbocycles. The highest BCUT2D eigenvalue weighted by Crippen LogP contribution is 2.19. The van der Waals surface area contributed by atoms with Gasteiger partial charge in [0.25, 0.3) is 5.56 Å². The zero-order chi connectivity index (χ0) is 13.3. The van der Waals surface area contributed by atoms with Crippen molar-refractivity contribution in [3.05, 3.63) is 26.6 Å². The first-order valence-corrected chi connectivity index (χ1v) is 6.72. The smallest absolute Gasteiger partial charge is 0.265 e. The van der Waals surface area contributed by atoms with E-state index in [2.05, 4.69) is 21.2 Å². The van der Waals surface area contributed by atoms with Crippen LogP contribution in [0.5, 0.6) is 0 Å². The summed E-state index contributed by atoms with van der Waals surface area (Å²) in [6, 6.07) is 0.351. The largest absolute Gasteiger partial charge is 0.397 e. The molecule has 0 unspecified atom stereocenters. The molecular weight excluding hydrogens is 298 g/mol. The first-order chi connectivity index (χ1) is 8.49. The molecule has 0 spiro atoms. The monoisotopic (exact) mass is 313 g/mol. The number of pyridine rings is 1. The minimum absolute atomic E-state index is 0.0142. The third-order valence-corrected chi connectivity index (χ3v) is 3.96. The molecule has 0 aliphatic heterocycles. The van der Waals surface area contributed by atoms with Gasteiger partial charge in [-0.15, -0.1) is 0 Å². The summed E-state index contributed by atoms with van der Waals surface area (Å²) in [5.41, 5.74) is 6.93. The van der Waals surface area contributed by atoms with Crippen LogP contribution in [-0.4, -0.2) is 16.5 Å². The molecule has 3 N–H and O–H groups in total. The highest BCUT2D eigenvalue weighted by Gasteiger charge is 2.23. The number of aryl methyl sites for hydroxylation is 1. The number of rotatable bonds is 4. The van der Waals surface area contributed by atoms with Gasteiger partial charge in [0, 0.05) is 25.2 Å². The summed E-state index contributed by atoms with van der Waals surface area (Å²) < 4.78 is 1.93. The lowest BCUT2D eigenvalue weighted by atomic mass is 10.2. The number of amides is 1. The van der Waals surface area contributed by atoms with E-state index in [1.54, 1.807) is 13.1 Å². The van der Waals surface area contributed by atoms with Crippen LogP contribution in [0, 0.1) is 6.92 Å². The summed E-state index contributed by atoms with van der Waals surface area (Å²) in [6.45, 7) is 2.13. The molecular formula is C12H16BrN3O2. The Bertz CT molecular complexity index is 535. The number of carbonyl (C=O) groups is 1. The number of carbonyl (C=O) groups excluding carboxylic acids is 1. The van der Waals surface area contributed by atoms with Crippen molar-refractivity contribution in [1.29, 1.82) is 0 Å². The molecule has 1 aliphatic rings. The Morgan fingerprint density at radius 1 is 1.61 bits per heavy atom. The normalized spacial score (nSPS) is 14.6. The molecule has 18 heavy (non-hydrogen) atoms. The Kier molecular flexibility index (Phi) is 3.75. The van der Waals surface area contributed by atoms with Gasteiger partial charge in [-0.2, -0.15) is 0 Å². The third kappa shape index (κ3) is 2.93. The van der Waals surface area contributed by atoms with E-state index in [9.17, 15) is 9.59 Å². The van der Waals surface area contributed by atoms with Gasteiger partial charge in [-0.05, 0) is 41.3 Å². The predicted molar refractivity (Wildman–Crippen MR) is 73.3 cm³/mol. The van der Waals surface area contributed by atoms with Crippen LogP contribution in [0.2, 0.25) is 0 Å². The van der Waals surface area contributed by atoms with Crippen LogP contribution >= 0.6 is 15.9 Å². The molecule has 1 amide bonds. The van der Waals surface area contributed by atoms with Crippen molar-refractivity contribution >= 4 is 27.5 Å². The summed E-state index contributed by atoms with van der Waals surface area (Å²) in [7, 11) is 0. The number of halogens is 1. The summed E-state index contributed by atoms with van der Waals surface area (Å²) in [4.78, 5) is 23.5. The molecule has 0 saturated heterocycles. The fourth-order valence-corrected chi connectivity index (χ4v) is 2.11. The second-order valence-electron chi connectivity index (χ2n) is 4.61. The van der Waals surface area contributed by atoms with Crippen LogP contribution in [-0.2, 0) is 11.3 Å². The second kappa shape index (κ2) is 5.14. The number of hydrogen-bond donors (Lipinski definition) is 2. The quantitative estimate of drug-likeness (QED) is 0.876. The average Bonchev–Trinajstić information content (AvgIpc) is 3.13. The molecule has 0 bridgehead atoms. The molecule has 0 aromatic carbocycles. The van der Waals surface area contributed by atoms with Gasteiger partial charge >= 0.3 is 0 Å². The lowest BCUT2D eigenvalue weighted by Crippen LogP contribution is -2.29. The van der Waals surface area contributed by atoms with Crippen molar-refractivity contribution in [2.75, 3.05) is 5.73 Å². The maximum atomic E-state index is 11.9. The van der Waals surface area contributed by atoms with Crippen LogP contribution in [0.15, 0.2) is 15.5 Å². The molecule has 98 valence electrons. The maximum absolute atomic E-state index is 11.9. The molecule has 5 nitrogen and oxygen atoms in total. The van der Waals surface area contributed by atoms with E-state index in [-0.39, 0.29) is 11.5 Å². The fourth-order valence-electron chi connectivity index (χ4n) is 1.65. The van der Waals surface area contributed by atoms with E-state index in [4.69, 9.17) is 5.73 Å². The number of nitrogens with one attached hydrogen (secondary N) is 1. The summed E-state index contributed by atoms with van der Waals surface area (Å²) in [6.07, 6.45) is 4.02. The Balaban J connectivity index is 2.04. The van der Waals surface area contributed by atoms with Gasteiger partial charge in [0.1, 0.15) is 0 Å². The number of nitrogens with zero attached hydrogens (tertiary/aromatic N) is 1. The topological polar surface area (TPSA) is 77.1 Å². The van der Waals surface area contributed by atoms with Gasteiger partial charge in [-0.3, -0.25) is 9.59 Å². The van der Waals surface area contributed by atoms with Gasteiger partial charge in [-0.25, -0.2) is 0 Å². The highest BCUT2D eigenvalue weighted by molar-refractivity contribution is 9.10. The van der Waals surface area contributed by atoms with Gasteiger partial charge in [0.2, 0.25) is 5.91 Å². The Morgan fingerprint density at radius 3 is 2.89 bits per heavy atom. The van der Waals surface area contributed by atoms with E-state index in [0.717, 1.165) is 18.4 Å². The summed E-state index contributed by atoms with van der Waals surface area (Å²) in [5.74, 6) is -0.0142. The standard InChI is InChI=1S/C12H16BrN3O2/c1-7-9(14)6-16(12(18)11(7)13)5-4-10(17)15-8-2-3-8/h6,8H,2-5,14H2,1H3,(H,15,17). The zero-order valence-electron chi connectivity index (χ0n) is 10.2. The first-order valence-electron chi connectivity index (χ1n) is 5.93. The van der Waals surface area contributed by atoms with Crippen LogP contribution in [0.1, 0.15) is 24.8 Å². The number of nitrogens with two attached hydrogens (primary N) is 1. The minimum Gasteiger partial charge on any atom is -0.397 e. The summed E-state index contributed by atoms with van der Waals surface area (Å²) in [5, 5.41) is 2.89. The molecule has 6 heteroatoms. The minimum atomic E-state index is -0.152. The lowest BCUT2D eigenvalue weighted by molar-refractivity contribution is -0.121. The van der Waals surface area contributed by atoms with Crippen LogP contribution in [0.4, 0.5) is 5.69 Å². The average molecular weight is 314 g/mol. The Hall–Kier alpha value is -1.30. The second-order valence-corrected chi connectivity index (χ2v) is 5.41. The molecule has 2 rings (SSSR count). The van der Waals surface area contributed by atoms with Crippen molar-refractivity contribution in [3.8, 4) is 0 Å². The van der Waals surface area contributed by atoms with E-state index in [0.29, 0.717) is 29.2 Å². The molecule has 1 fully saturated rings. The fraction of sp³-hybridized carbons (Fsp3) is 0.500. The van der Waals surface area contributed by atoms with Crippen LogP contribution in [0.25, 0.3) is 0 Å². The van der Waals surface area contributed by atoms with Crippen LogP contribution in [0.3, 0.4) is 0 Å². The summed E-state index contributed by atoms with van der Waals surface area (Å²) >= 11 is 3.22. The molecule has 0 radical (unpaired) electrons. The van der Waals surface area contributed by atoms with E-state index >= 15 is 0 Å². The van der Waals surface area contributed by atoms with Gasteiger partial charge in [-0.1, -0.05) is 0 Å². The van der Waals surface area contributed by atoms with E-state index < -0.39 is 0 Å². The SMILES string of the molecule is Cc1c(N)cn(CCC(=O)NC2CC2)c(=O)c1Br.